The number of aromatic nitrogens is 4. The molecule has 1 N–H and O–H groups in total. The van der Waals surface area contributed by atoms with E-state index >= 15 is 0 Å². The number of imidazole rings is 1. The highest BCUT2D eigenvalue weighted by Crippen LogP contribution is 2.40. The van der Waals surface area contributed by atoms with E-state index < -0.39 is 77.8 Å². The van der Waals surface area contributed by atoms with Crippen LogP contribution < -0.4 is 5.56 Å². The summed E-state index contributed by atoms with van der Waals surface area (Å²) in [6.45, 7) is 2.57. The molecule has 1 aliphatic rings. The first-order valence-electron chi connectivity index (χ1n) is 9.06. The molecule has 2 aromatic heterocycles. The van der Waals surface area contributed by atoms with Crippen LogP contribution in [0, 0.1) is 0 Å². The molecule has 1 aliphatic heterocycles. The van der Waals surface area contributed by atoms with Gasteiger partial charge in [0.15, 0.2) is 29.6 Å². The van der Waals surface area contributed by atoms with Crippen molar-refractivity contribution in [3.8, 4) is 0 Å². The summed E-state index contributed by atoms with van der Waals surface area (Å²) in [6.07, 6.45) is -10.4. The number of fused-ring (bicyclic) bond motifs is 1. The SMILES string of the molecule is CC(=O)OC[C@H]1O[C@@H](n2c(C(F)(F)F)nc3c(=O)[nH]cnc32)[C@H](OC(C)=O)[C@@H]1OC(C)=O. The van der Waals surface area contributed by atoms with Crippen molar-refractivity contribution in [1.82, 2.24) is 19.5 Å². The molecule has 1 saturated heterocycles. The number of aromatic amines is 1. The molecule has 0 spiro atoms. The average molecular weight is 462 g/mol. The number of nitrogens with zero attached hydrogens (tertiary/aromatic N) is 3. The number of hydrogen-bond acceptors (Lipinski definition) is 10. The molecule has 1 fully saturated rings. The van der Waals surface area contributed by atoms with Crippen LogP contribution in [0.25, 0.3) is 11.2 Å². The monoisotopic (exact) mass is 462 g/mol. The number of rotatable bonds is 5. The van der Waals surface area contributed by atoms with Crippen LogP contribution in [0.1, 0.15) is 32.8 Å². The second-order valence-electron chi connectivity index (χ2n) is 6.72. The van der Waals surface area contributed by atoms with Crippen molar-refractivity contribution in [3.05, 3.63) is 22.5 Å². The first kappa shape index (κ1) is 23.2. The topological polar surface area (TPSA) is 152 Å². The summed E-state index contributed by atoms with van der Waals surface area (Å²) < 4.78 is 62.5. The van der Waals surface area contributed by atoms with Crippen molar-refractivity contribution >= 4 is 29.1 Å². The molecule has 3 rings (SSSR count). The van der Waals surface area contributed by atoms with E-state index in [-0.39, 0.29) is 0 Å². The van der Waals surface area contributed by atoms with E-state index in [2.05, 4.69) is 15.0 Å². The molecule has 32 heavy (non-hydrogen) atoms. The van der Waals surface area contributed by atoms with Gasteiger partial charge in [0.2, 0.25) is 5.82 Å². The average Bonchev–Trinajstić information content (AvgIpc) is 3.19. The molecule has 0 amide bonds. The number of hydrogen-bond donors (Lipinski definition) is 1. The van der Waals surface area contributed by atoms with Gasteiger partial charge in [-0.15, -0.1) is 0 Å². The zero-order chi connectivity index (χ0) is 23.8. The number of carbonyl (C=O) groups is 3. The lowest BCUT2D eigenvalue weighted by Gasteiger charge is -2.24. The quantitative estimate of drug-likeness (QED) is 0.490. The third-order valence-electron chi connectivity index (χ3n) is 4.33. The second-order valence-corrected chi connectivity index (χ2v) is 6.72. The second kappa shape index (κ2) is 8.57. The molecule has 12 nitrogen and oxygen atoms in total. The third-order valence-corrected chi connectivity index (χ3v) is 4.33. The van der Waals surface area contributed by atoms with Gasteiger partial charge >= 0.3 is 24.1 Å². The van der Waals surface area contributed by atoms with Gasteiger partial charge in [-0.1, -0.05) is 0 Å². The van der Waals surface area contributed by atoms with E-state index in [1.54, 1.807) is 0 Å². The highest BCUT2D eigenvalue weighted by Gasteiger charge is 2.53. The number of nitrogens with one attached hydrogen (secondary N) is 1. The maximum absolute atomic E-state index is 13.8. The van der Waals surface area contributed by atoms with Crippen LogP contribution in [0.4, 0.5) is 13.2 Å². The van der Waals surface area contributed by atoms with Crippen molar-refractivity contribution in [2.45, 2.75) is 51.5 Å². The summed E-state index contributed by atoms with van der Waals surface area (Å²) in [6, 6.07) is 0. The van der Waals surface area contributed by atoms with E-state index in [1.807, 2.05) is 0 Å². The van der Waals surface area contributed by atoms with Crippen molar-refractivity contribution in [2.75, 3.05) is 6.61 Å². The highest BCUT2D eigenvalue weighted by atomic mass is 19.4. The summed E-state index contributed by atoms with van der Waals surface area (Å²) in [5, 5.41) is 0. The van der Waals surface area contributed by atoms with Crippen LogP contribution in [0.15, 0.2) is 11.1 Å². The van der Waals surface area contributed by atoms with Gasteiger partial charge in [0.05, 0.1) is 6.33 Å². The Labute approximate surface area is 176 Å². The molecule has 0 bridgehead atoms. The van der Waals surface area contributed by atoms with Gasteiger partial charge < -0.3 is 23.9 Å². The molecule has 0 radical (unpaired) electrons. The number of esters is 3. The molecule has 2 aromatic rings. The Morgan fingerprint density at radius 1 is 1.12 bits per heavy atom. The third kappa shape index (κ3) is 4.56. The van der Waals surface area contributed by atoms with Gasteiger partial charge in [-0.3, -0.25) is 23.7 Å². The Morgan fingerprint density at radius 2 is 1.75 bits per heavy atom. The van der Waals surface area contributed by atoms with E-state index in [1.165, 1.54) is 0 Å². The van der Waals surface area contributed by atoms with Gasteiger partial charge in [-0.2, -0.15) is 13.2 Å². The lowest BCUT2D eigenvalue weighted by molar-refractivity contribution is -0.168. The van der Waals surface area contributed by atoms with Crippen LogP contribution in [0.3, 0.4) is 0 Å². The van der Waals surface area contributed by atoms with Crippen LogP contribution in [-0.4, -0.2) is 62.3 Å². The summed E-state index contributed by atoms with van der Waals surface area (Å²) in [5.41, 5.74) is -2.11. The predicted octanol–water partition coefficient (Wildman–Crippen LogP) is 0.462. The zero-order valence-electron chi connectivity index (χ0n) is 16.8. The van der Waals surface area contributed by atoms with E-state index in [0.717, 1.165) is 27.1 Å². The fraction of sp³-hybridized carbons (Fsp3) is 0.529. The normalized spacial score (nSPS) is 23.2. The summed E-state index contributed by atoms with van der Waals surface area (Å²) in [4.78, 5) is 55.7. The molecule has 0 saturated carbocycles. The molecule has 4 atom stereocenters. The first-order valence-corrected chi connectivity index (χ1v) is 9.06. The van der Waals surface area contributed by atoms with Crippen molar-refractivity contribution in [1.29, 1.82) is 0 Å². The Hall–Kier alpha value is -3.49. The first-order chi connectivity index (χ1) is 14.9. The molecule has 174 valence electrons. The number of H-pyrrole nitrogens is 1. The Morgan fingerprint density at radius 3 is 2.31 bits per heavy atom. The Balaban J connectivity index is 2.19. The minimum Gasteiger partial charge on any atom is -0.463 e. The van der Waals surface area contributed by atoms with E-state index in [0.29, 0.717) is 4.57 Å². The van der Waals surface area contributed by atoms with Gasteiger partial charge in [0.25, 0.3) is 5.56 Å². The van der Waals surface area contributed by atoms with Crippen molar-refractivity contribution < 1.29 is 46.5 Å². The van der Waals surface area contributed by atoms with E-state index in [4.69, 9.17) is 18.9 Å². The van der Waals surface area contributed by atoms with Crippen molar-refractivity contribution in [2.24, 2.45) is 0 Å². The maximum atomic E-state index is 13.8. The minimum absolute atomic E-state index is 0.433. The summed E-state index contributed by atoms with van der Waals surface area (Å²) >= 11 is 0. The fourth-order valence-electron chi connectivity index (χ4n) is 3.26. The number of alkyl halides is 3. The standard InChI is InChI=1S/C17H17F3N4O8/c1-6(25)29-4-9-11(30-7(2)26)12(31-8(3)27)15(32-9)24-13-10(14(28)22-5-21-13)23-16(24)17(18,19)20/h5,9,11-12,15H,4H2,1-3H3,(H,21,22,28)/t9-,11-,12-,15-/m1/s1. The largest absolute Gasteiger partial charge is 0.463 e. The number of carbonyl (C=O) groups excluding carboxylic acids is 3. The van der Waals surface area contributed by atoms with Crippen molar-refractivity contribution in [3.63, 3.8) is 0 Å². The lowest BCUT2D eigenvalue weighted by Crippen LogP contribution is -2.41. The molecular formula is C17H17F3N4O8. The lowest BCUT2D eigenvalue weighted by atomic mass is 10.1. The summed E-state index contributed by atoms with van der Waals surface area (Å²) in [5.74, 6) is -4.07. The predicted molar refractivity (Wildman–Crippen MR) is 94.8 cm³/mol. The smallest absolute Gasteiger partial charge is 0.449 e. The van der Waals surface area contributed by atoms with Gasteiger partial charge in [0.1, 0.15) is 12.7 Å². The molecule has 0 unspecified atom stereocenters. The molecule has 0 aliphatic carbocycles. The summed E-state index contributed by atoms with van der Waals surface area (Å²) in [7, 11) is 0. The molecule has 0 aromatic carbocycles. The number of ether oxygens (including phenoxy) is 4. The Bertz CT molecular complexity index is 1110. The molecule has 3 heterocycles. The number of halogens is 3. The van der Waals surface area contributed by atoms with Crippen LogP contribution in [-0.2, 0) is 39.5 Å². The van der Waals surface area contributed by atoms with Gasteiger partial charge in [-0.25, -0.2) is 9.97 Å². The molecule has 15 heteroatoms. The van der Waals surface area contributed by atoms with Crippen LogP contribution in [0.2, 0.25) is 0 Å². The minimum atomic E-state index is -5.07. The fourth-order valence-corrected chi connectivity index (χ4v) is 3.26. The molecular weight excluding hydrogens is 445 g/mol. The zero-order valence-corrected chi connectivity index (χ0v) is 16.8. The van der Waals surface area contributed by atoms with Gasteiger partial charge in [-0.05, 0) is 0 Å². The Kier molecular flexibility index (Phi) is 6.20. The van der Waals surface area contributed by atoms with Crippen LogP contribution >= 0.6 is 0 Å². The van der Waals surface area contributed by atoms with Gasteiger partial charge in [0, 0.05) is 20.8 Å². The highest BCUT2D eigenvalue weighted by molar-refractivity contribution is 5.71. The van der Waals surface area contributed by atoms with E-state index in [9.17, 15) is 32.3 Å². The van der Waals surface area contributed by atoms with Crippen LogP contribution in [0.5, 0.6) is 0 Å². The maximum Gasteiger partial charge on any atom is 0.449 e.